The summed E-state index contributed by atoms with van der Waals surface area (Å²) in [6, 6.07) is 0. The molecule has 2 heterocycles. The molecule has 2 saturated heterocycles. The molecule has 2 aliphatic rings. The predicted molar refractivity (Wildman–Crippen MR) is 79.0 cm³/mol. The quantitative estimate of drug-likeness (QED) is 0.186. The lowest BCUT2D eigenvalue weighted by Crippen LogP contribution is -2.65. The summed E-state index contributed by atoms with van der Waals surface area (Å²) >= 11 is 0. The molecule has 0 spiro atoms. The highest BCUT2D eigenvalue weighted by molar-refractivity contribution is 7.80. The summed E-state index contributed by atoms with van der Waals surface area (Å²) in [4.78, 5) is 0. The third-order valence-corrected chi connectivity index (χ3v) is 4.65. The predicted octanol–water partition coefficient (Wildman–Crippen LogP) is -5.57. The van der Waals surface area contributed by atoms with Crippen molar-refractivity contribution in [1.82, 2.24) is 0 Å². The Hall–Kier alpha value is -0.530. The average Bonchev–Trinajstić information content (AvgIpc) is 2.59. The highest BCUT2D eigenvalue weighted by Gasteiger charge is 2.51. The largest absolute Gasteiger partial charge is 0.397 e. The number of rotatable bonds is 6. The van der Waals surface area contributed by atoms with Crippen LogP contribution in [-0.2, 0) is 28.8 Å². The second-order valence-corrected chi connectivity index (χ2v) is 7.07. The second kappa shape index (κ2) is 8.87. The molecule has 10 atom stereocenters. The van der Waals surface area contributed by atoms with Crippen LogP contribution in [-0.4, -0.2) is 123 Å². The van der Waals surface area contributed by atoms with Crippen LogP contribution in [0.25, 0.3) is 0 Å². The third-order valence-electron chi connectivity index (χ3n) is 4.19. The van der Waals surface area contributed by atoms with E-state index in [0.717, 1.165) is 0 Å². The molecular weight excluding hydrogens is 400 g/mol. The van der Waals surface area contributed by atoms with Crippen molar-refractivity contribution in [2.24, 2.45) is 0 Å². The first-order valence-electron chi connectivity index (χ1n) is 7.74. The van der Waals surface area contributed by atoms with Crippen LogP contribution in [0, 0.1) is 0 Å². The van der Waals surface area contributed by atoms with Crippen molar-refractivity contribution in [3.05, 3.63) is 0 Å². The van der Waals surface area contributed by atoms with Crippen LogP contribution in [0.15, 0.2) is 0 Å². The van der Waals surface area contributed by atoms with Gasteiger partial charge in [0, 0.05) is 0 Å². The van der Waals surface area contributed by atoms with Crippen LogP contribution in [0.3, 0.4) is 0 Å². The maximum absolute atomic E-state index is 10.9. The fourth-order valence-corrected chi connectivity index (χ4v) is 3.32. The first-order valence-corrected chi connectivity index (χ1v) is 9.10. The summed E-state index contributed by atoms with van der Waals surface area (Å²) < 4.78 is 50.0. The zero-order valence-electron chi connectivity index (χ0n) is 13.6. The number of aliphatic hydroxyl groups is 7. The van der Waals surface area contributed by atoms with Crippen LogP contribution in [0.5, 0.6) is 0 Å². The maximum atomic E-state index is 10.9. The van der Waals surface area contributed by atoms with E-state index in [1.165, 1.54) is 0 Å². The maximum Gasteiger partial charge on any atom is 0.397 e. The number of hydrogen-bond donors (Lipinski definition) is 8. The van der Waals surface area contributed by atoms with E-state index >= 15 is 0 Å². The van der Waals surface area contributed by atoms with Crippen molar-refractivity contribution in [3.8, 4) is 0 Å². The number of ether oxygens (including phenoxy) is 3. The van der Waals surface area contributed by atoms with E-state index in [-0.39, 0.29) is 0 Å². The Morgan fingerprint density at radius 3 is 1.89 bits per heavy atom. The Morgan fingerprint density at radius 1 is 0.778 bits per heavy atom. The molecule has 27 heavy (non-hydrogen) atoms. The minimum atomic E-state index is -5.12. The molecule has 0 aromatic heterocycles. The summed E-state index contributed by atoms with van der Waals surface area (Å²) in [5.74, 6) is 0. The Balaban J connectivity index is 2.22. The van der Waals surface area contributed by atoms with E-state index in [9.17, 15) is 44.2 Å². The molecule has 2 fully saturated rings. The van der Waals surface area contributed by atoms with E-state index in [2.05, 4.69) is 4.18 Å². The zero-order chi connectivity index (χ0) is 20.5. The van der Waals surface area contributed by atoms with Gasteiger partial charge in [0.2, 0.25) is 0 Å². The molecule has 8 N–H and O–H groups in total. The van der Waals surface area contributed by atoms with Gasteiger partial charge in [-0.1, -0.05) is 0 Å². The molecular formula is C12H22O14S. The van der Waals surface area contributed by atoms with Gasteiger partial charge < -0.3 is 50.0 Å². The molecule has 0 aromatic rings. The van der Waals surface area contributed by atoms with E-state index < -0.39 is 85.0 Å². The van der Waals surface area contributed by atoms with Gasteiger partial charge in [-0.2, -0.15) is 8.42 Å². The number of hydrogen-bond acceptors (Lipinski definition) is 13. The molecule has 0 amide bonds. The van der Waals surface area contributed by atoms with Gasteiger partial charge in [0.1, 0.15) is 48.8 Å². The molecule has 0 unspecified atom stereocenters. The lowest BCUT2D eigenvalue weighted by molar-refractivity contribution is -0.353. The fourth-order valence-electron chi connectivity index (χ4n) is 2.81. The minimum absolute atomic E-state index is 0.786. The molecule has 0 bridgehead atoms. The SMILES string of the molecule is O=S(=O)(O)O[C@@H]1[C@@H](O)[C@@H](O[C@H]2[C@H](O)[C@@H](O)[C@H](O)O[C@@H]2CO)O[C@H](CO)[C@H]1O. The van der Waals surface area contributed by atoms with Crippen molar-refractivity contribution < 1.29 is 67.1 Å². The summed E-state index contributed by atoms with van der Waals surface area (Å²) in [7, 11) is -5.12. The van der Waals surface area contributed by atoms with E-state index in [4.69, 9.17) is 18.8 Å². The van der Waals surface area contributed by atoms with Crippen LogP contribution in [0.4, 0.5) is 0 Å². The zero-order valence-corrected chi connectivity index (χ0v) is 14.4. The van der Waals surface area contributed by atoms with Crippen LogP contribution >= 0.6 is 0 Å². The Labute approximate surface area is 153 Å². The Morgan fingerprint density at radius 2 is 1.37 bits per heavy atom. The second-order valence-electron chi connectivity index (χ2n) is 6.02. The van der Waals surface area contributed by atoms with Gasteiger partial charge in [-0.15, -0.1) is 0 Å². The summed E-state index contributed by atoms with van der Waals surface area (Å²) in [6.07, 6.45) is -17.8. The normalized spacial score (nSPS) is 46.4. The van der Waals surface area contributed by atoms with Gasteiger partial charge in [0.15, 0.2) is 12.6 Å². The van der Waals surface area contributed by atoms with Gasteiger partial charge in [0.25, 0.3) is 0 Å². The van der Waals surface area contributed by atoms with Crippen molar-refractivity contribution in [3.63, 3.8) is 0 Å². The smallest absolute Gasteiger partial charge is 0.394 e. The van der Waals surface area contributed by atoms with Crippen molar-refractivity contribution in [2.75, 3.05) is 13.2 Å². The highest BCUT2D eigenvalue weighted by atomic mass is 32.3. The molecule has 15 heteroatoms. The first kappa shape index (κ1) is 22.8. The molecule has 160 valence electrons. The van der Waals surface area contributed by atoms with Crippen molar-refractivity contribution in [2.45, 2.75) is 61.4 Å². The van der Waals surface area contributed by atoms with Gasteiger partial charge in [-0.3, -0.25) is 4.55 Å². The fraction of sp³-hybridized carbons (Fsp3) is 1.00. The molecule has 14 nitrogen and oxygen atoms in total. The highest BCUT2D eigenvalue weighted by Crippen LogP contribution is 2.30. The molecule has 0 radical (unpaired) electrons. The van der Waals surface area contributed by atoms with Gasteiger partial charge in [-0.25, -0.2) is 4.18 Å². The van der Waals surface area contributed by atoms with E-state index in [1.54, 1.807) is 0 Å². The van der Waals surface area contributed by atoms with Crippen molar-refractivity contribution >= 4 is 10.4 Å². The standard InChI is InChI=1S/C12H22O14S/c13-1-3-5(15)10(26-27(20,21)22)8(18)12(24-3)25-9-4(2-14)23-11(19)7(17)6(9)16/h3-19H,1-2H2,(H,20,21,22)/t3-,4-,5-,6-,7-,8-,9-,10+,11-,12-/m1/s1. The Bertz CT molecular complexity index is 583. The third kappa shape index (κ3) is 5.10. The van der Waals surface area contributed by atoms with Gasteiger partial charge in [-0.05, 0) is 0 Å². The summed E-state index contributed by atoms with van der Waals surface area (Å²) in [5, 5.41) is 67.8. The minimum Gasteiger partial charge on any atom is -0.394 e. The van der Waals surface area contributed by atoms with E-state index in [0.29, 0.717) is 0 Å². The Kier molecular flexibility index (Phi) is 7.47. The lowest BCUT2D eigenvalue weighted by Gasteiger charge is -2.45. The van der Waals surface area contributed by atoms with Crippen molar-refractivity contribution in [1.29, 1.82) is 0 Å². The van der Waals surface area contributed by atoms with Gasteiger partial charge in [0.05, 0.1) is 13.2 Å². The topological polar surface area (TPSA) is 233 Å². The average molecular weight is 422 g/mol. The van der Waals surface area contributed by atoms with Crippen LogP contribution in [0.1, 0.15) is 0 Å². The molecule has 0 aromatic carbocycles. The molecule has 0 saturated carbocycles. The van der Waals surface area contributed by atoms with Gasteiger partial charge >= 0.3 is 10.4 Å². The monoisotopic (exact) mass is 422 g/mol. The first-order chi connectivity index (χ1) is 12.5. The molecule has 2 rings (SSSR count). The number of aliphatic hydroxyl groups excluding tert-OH is 7. The van der Waals surface area contributed by atoms with E-state index in [1.807, 2.05) is 0 Å². The summed E-state index contributed by atoms with van der Waals surface area (Å²) in [5.41, 5.74) is 0. The summed E-state index contributed by atoms with van der Waals surface area (Å²) in [6.45, 7) is -1.65. The molecule has 2 aliphatic heterocycles. The lowest BCUT2D eigenvalue weighted by atomic mass is 9.97. The van der Waals surface area contributed by atoms with Crippen LogP contribution in [0.2, 0.25) is 0 Å². The molecule has 0 aliphatic carbocycles. The van der Waals surface area contributed by atoms with Crippen LogP contribution < -0.4 is 0 Å².